The third kappa shape index (κ3) is 7.34. The summed E-state index contributed by atoms with van der Waals surface area (Å²) in [5.74, 6) is -1.84. The predicted octanol–water partition coefficient (Wildman–Crippen LogP) is -1.64. The van der Waals surface area contributed by atoms with Crippen molar-refractivity contribution in [3.63, 3.8) is 0 Å². The minimum absolute atomic E-state index is 0. The van der Waals surface area contributed by atoms with Crippen LogP contribution in [0.1, 0.15) is 19.1 Å². The maximum Gasteiger partial charge on any atom is 0.351 e. The van der Waals surface area contributed by atoms with Crippen LogP contribution in [-0.4, -0.2) is 69.2 Å². The molecular weight excluding hydrogens is 476 g/mol. The first kappa shape index (κ1) is 26.1. The van der Waals surface area contributed by atoms with Gasteiger partial charge >= 0.3 is 11.7 Å². The van der Waals surface area contributed by atoms with Crippen molar-refractivity contribution in [1.82, 2.24) is 19.8 Å². The molecule has 0 aromatic carbocycles. The molecule has 0 saturated heterocycles. The molecule has 4 atom stereocenters. The summed E-state index contributed by atoms with van der Waals surface area (Å²) < 4.78 is 6.57. The zero-order valence-electron chi connectivity index (χ0n) is 16.8. The Morgan fingerprint density at radius 1 is 1.45 bits per heavy atom. The lowest BCUT2D eigenvalue weighted by Crippen LogP contribution is -2.51. The molecule has 0 saturated carbocycles. The van der Waals surface area contributed by atoms with Crippen LogP contribution >= 0.6 is 17.0 Å². The number of aromatic nitrogens is 2. The lowest BCUT2D eigenvalue weighted by molar-refractivity contribution is -0.159. The maximum absolute atomic E-state index is 12.3. The number of carbonyl (C=O) groups excluding carboxylic acids is 1. The first-order valence-corrected chi connectivity index (χ1v) is 9.10. The Morgan fingerprint density at radius 2 is 2.13 bits per heavy atom. The number of guanidine groups is 1. The summed E-state index contributed by atoms with van der Waals surface area (Å²) in [5.41, 5.74) is 16.0. The number of halogens is 1. The highest BCUT2D eigenvalue weighted by atomic mass is 79.9. The number of hydrogen-bond donors (Lipinski definition) is 6. The molecule has 0 radical (unpaired) electrons. The number of hydrogen-bond acceptors (Lipinski definition) is 8. The van der Waals surface area contributed by atoms with Gasteiger partial charge in [-0.1, -0.05) is 6.08 Å². The van der Waals surface area contributed by atoms with Crippen molar-refractivity contribution in [3.05, 3.63) is 34.9 Å². The third-order valence-corrected chi connectivity index (χ3v) is 4.49. The minimum Gasteiger partial charge on any atom is -0.479 e. The summed E-state index contributed by atoms with van der Waals surface area (Å²) in [6.45, 7) is 0.403. The van der Waals surface area contributed by atoms with Crippen molar-refractivity contribution in [1.29, 1.82) is 5.41 Å². The molecule has 0 spiro atoms. The molecule has 1 aromatic rings. The van der Waals surface area contributed by atoms with E-state index in [1.54, 1.807) is 7.05 Å². The lowest BCUT2D eigenvalue weighted by atomic mass is 10.1. The number of carboxylic acids is 1. The standard InChI is InChI=1S/C17H26N8O5.BrH/c1-24(16(20)21)6-4-9(18)8-12(26)22-10-2-3-13(30-14(10)15(27)28)25-7-5-11(19)23-17(25)29;/h2-3,5,7,9-10,13-14H,4,6,8,18H2,1H3,(H3,20,21)(H,22,26)(H,27,28)(H2,19,23,29);1H/t9?,10-,13+,14-;/m0./s1. The van der Waals surface area contributed by atoms with Gasteiger partial charge in [0.2, 0.25) is 5.91 Å². The van der Waals surface area contributed by atoms with Gasteiger partial charge in [0.1, 0.15) is 5.82 Å². The van der Waals surface area contributed by atoms with E-state index in [1.165, 1.54) is 29.3 Å². The quantitative estimate of drug-likeness (QED) is 0.135. The van der Waals surface area contributed by atoms with Crippen LogP contribution in [-0.2, 0) is 14.3 Å². The molecule has 1 amide bonds. The molecule has 0 fully saturated rings. The summed E-state index contributed by atoms with van der Waals surface area (Å²) in [6.07, 6.45) is 2.17. The average molecular weight is 503 g/mol. The molecule has 0 bridgehead atoms. The largest absolute Gasteiger partial charge is 0.479 e. The number of nitrogen functional groups attached to an aromatic ring is 1. The topological polar surface area (TPSA) is 216 Å². The molecule has 1 aliphatic heterocycles. The predicted molar refractivity (Wildman–Crippen MR) is 118 cm³/mol. The minimum atomic E-state index is -1.42. The van der Waals surface area contributed by atoms with Crippen LogP contribution in [0.2, 0.25) is 0 Å². The van der Waals surface area contributed by atoms with Gasteiger partial charge < -0.3 is 37.3 Å². The smallest absolute Gasteiger partial charge is 0.351 e. The lowest BCUT2D eigenvalue weighted by Gasteiger charge is -2.31. The van der Waals surface area contributed by atoms with Crippen molar-refractivity contribution in [2.45, 2.75) is 37.3 Å². The van der Waals surface area contributed by atoms with Crippen molar-refractivity contribution in [2.75, 3.05) is 19.3 Å². The summed E-state index contributed by atoms with van der Waals surface area (Å²) in [7, 11) is 1.63. The number of ether oxygens (including phenoxy) is 1. The van der Waals surface area contributed by atoms with E-state index in [2.05, 4.69) is 10.3 Å². The van der Waals surface area contributed by atoms with E-state index in [4.69, 9.17) is 27.3 Å². The molecule has 14 heteroatoms. The zero-order valence-corrected chi connectivity index (χ0v) is 18.5. The summed E-state index contributed by atoms with van der Waals surface area (Å²) >= 11 is 0. The van der Waals surface area contributed by atoms with E-state index in [0.29, 0.717) is 13.0 Å². The van der Waals surface area contributed by atoms with Crippen molar-refractivity contribution < 1.29 is 19.4 Å². The third-order valence-electron chi connectivity index (χ3n) is 4.49. The van der Waals surface area contributed by atoms with Crippen LogP contribution < -0.4 is 28.2 Å². The fourth-order valence-electron chi connectivity index (χ4n) is 2.77. The summed E-state index contributed by atoms with van der Waals surface area (Å²) in [6, 6.07) is -0.0702. The van der Waals surface area contributed by atoms with Gasteiger partial charge in [0, 0.05) is 32.3 Å². The normalized spacial score (nSPS) is 20.9. The molecule has 1 unspecified atom stereocenters. The second kappa shape index (κ2) is 11.4. The van der Waals surface area contributed by atoms with Crippen LogP contribution in [0.4, 0.5) is 5.82 Å². The van der Waals surface area contributed by atoms with Gasteiger partial charge in [-0.15, -0.1) is 17.0 Å². The highest BCUT2D eigenvalue weighted by molar-refractivity contribution is 8.93. The molecule has 2 rings (SSSR count). The second-order valence-electron chi connectivity index (χ2n) is 6.87. The van der Waals surface area contributed by atoms with Crippen LogP contribution in [0.5, 0.6) is 0 Å². The number of aliphatic carboxylic acids is 1. The Bertz CT molecular complexity index is 892. The molecule has 13 nitrogen and oxygen atoms in total. The number of nitrogens with zero attached hydrogens (tertiary/aromatic N) is 3. The Morgan fingerprint density at radius 3 is 2.71 bits per heavy atom. The number of carboxylic acid groups (broad SMARTS) is 1. The fourth-order valence-corrected chi connectivity index (χ4v) is 2.77. The van der Waals surface area contributed by atoms with E-state index in [-0.39, 0.29) is 35.2 Å². The van der Waals surface area contributed by atoms with Crippen LogP contribution in [0.15, 0.2) is 29.2 Å². The van der Waals surface area contributed by atoms with Gasteiger partial charge in [-0.25, -0.2) is 9.59 Å². The van der Waals surface area contributed by atoms with Gasteiger partial charge in [-0.3, -0.25) is 14.8 Å². The fraction of sp³-hybridized carbons (Fsp3) is 0.471. The van der Waals surface area contributed by atoms with E-state index in [9.17, 15) is 19.5 Å². The van der Waals surface area contributed by atoms with E-state index in [0.717, 1.165) is 4.57 Å². The number of nitrogens with one attached hydrogen (secondary N) is 2. The molecule has 1 aromatic heterocycles. The first-order chi connectivity index (χ1) is 14.1. The van der Waals surface area contributed by atoms with Gasteiger partial charge in [-0.2, -0.15) is 4.98 Å². The Balaban J connectivity index is 0.00000480. The van der Waals surface area contributed by atoms with Crippen molar-refractivity contribution >= 4 is 40.6 Å². The second-order valence-corrected chi connectivity index (χ2v) is 6.87. The monoisotopic (exact) mass is 502 g/mol. The molecule has 9 N–H and O–H groups in total. The van der Waals surface area contributed by atoms with E-state index in [1.807, 2.05) is 0 Å². The highest BCUT2D eigenvalue weighted by Gasteiger charge is 2.35. The number of nitrogens with two attached hydrogens (primary N) is 3. The number of carbonyl (C=O) groups is 2. The van der Waals surface area contributed by atoms with Gasteiger partial charge in [0.15, 0.2) is 18.3 Å². The number of amides is 1. The van der Waals surface area contributed by atoms with E-state index < -0.39 is 42.0 Å². The molecule has 172 valence electrons. The van der Waals surface area contributed by atoms with Crippen LogP contribution in [0, 0.1) is 5.41 Å². The Labute approximate surface area is 188 Å². The van der Waals surface area contributed by atoms with Crippen molar-refractivity contribution in [3.8, 4) is 0 Å². The highest BCUT2D eigenvalue weighted by Crippen LogP contribution is 2.20. The molecule has 0 aliphatic carbocycles. The van der Waals surface area contributed by atoms with Gasteiger partial charge in [-0.05, 0) is 18.6 Å². The Kier molecular flexibility index (Phi) is 9.61. The summed E-state index contributed by atoms with van der Waals surface area (Å²) in [4.78, 5) is 40.9. The number of anilines is 1. The average Bonchev–Trinajstić information content (AvgIpc) is 2.66. The SMILES string of the molecule is Br.CN(CCC(N)CC(=O)N[C@H]1C=C[C@H](n2ccc(N)nc2=O)O[C@@H]1C(=O)O)C(=N)N. The van der Waals surface area contributed by atoms with Gasteiger partial charge in [0.25, 0.3) is 0 Å². The Hall–Kier alpha value is -2.97. The maximum atomic E-state index is 12.3. The molecule has 1 aliphatic rings. The summed E-state index contributed by atoms with van der Waals surface area (Å²) in [5, 5.41) is 19.4. The first-order valence-electron chi connectivity index (χ1n) is 9.10. The van der Waals surface area contributed by atoms with E-state index >= 15 is 0 Å². The molecular formula is C17H27BrN8O5. The zero-order chi connectivity index (χ0) is 22.4. The van der Waals surface area contributed by atoms with Crippen LogP contribution in [0.3, 0.4) is 0 Å². The van der Waals surface area contributed by atoms with Crippen LogP contribution in [0.25, 0.3) is 0 Å². The van der Waals surface area contributed by atoms with Gasteiger partial charge in [0.05, 0.1) is 6.04 Å². The molecule has 31 heavy (non-hydrogen) atoms. The molecule has 2 heterocycles. The van der Waals surface area contributed by atoms with Crippen molar-refractivity contribution in [2.24, 2.45) is 11.5 Å². The number of rotatable bonds is 8.